The van der Waals surface area contributed by atoms with Crippen LogP contribution in [0.15, 0.2) is 18.2 Å². The molecule has 2 aliphatic heterocycles. The van der Waals surface area contributed by atoms with Gasteiger partial charge in [-0.1, -0.05) is 23.2 Å². The third kappa shape index (κ3) is 3.98. The summed E-state index contributed by atoms with van der Waals surface area (Å²) in [5.74, 6) is -1.07. The number of hydrogen-bond acceptors (Lipinski definition) is 7. The molecule has 1 aromatic rings. The van der Waals surface area contributed by atoms with E-state index in [0.717, 1.165) is 0 Å². The van der Waals surface area contributed by atoms with Crippen molar-refractivity contribution in [2.45, 2.75) is 23.9 Å². The summed E-state index contributed by atoms with van der Waals surface area (Å²) in [6.45, 7) is -1.63. The molecule has 2 fully saturated rings. The molecule has 0 radical (unpaired) electrons. The SMILES string of the molecule is N=C1NC2[C@H](CO)NC(=N)N(C[C@@H](CO)OC(=O)c3ccc(Cl)cc3Cl)C2(CO)N1. The van der Waals surface area contributed by atoms with E-state index in [1.54, 1.807) is 0 Å². The molecule has 8 N–H and O–H groups in total. The lowest BCUT2D eigenvalue weighted by Gasteiger charge is -2.51. The fourth-order valence-electron chi connectivity index (χ4n) is 3.64. The van der Waals surface area contributed by atoms with Gasteiger partial charge in [0.1, 0.15) is 6.10 Å². The highest BCUT2D eigenvalue weighted by Gasteiger charge is 2.57. The summed E-state index contributed by atoms with van der Waals surface area (Å²) >= 11 is 11.9. The highest BCUT2D eigenvalue weighted by atomic mass is 35.5. The van der Waals surface area contributed by atoms with Crippen molar-refractivity contribution in [3.8, 4) is 0 Å². The molecule has 30 heavy (non-hydrogen) atoms. The normalized spacial score (nSPS) is 26.4. The van der Waals surface area contributed by atoms with Gasteiger partial charge in [0, 0.05) is 5.02 Å². The maximum Gasteiger partial charge on any atom is 0.340 e. The molecule has 4 atom stereocenters. The zero-order valence-corrected chi connectivity index (χ0v) is 17.2. The van der Waals surface area contributed by atoms with Crippen LogP contribution in [0.25, 0.3) is 0 Å². The molecule has 0 bridgehead atoms. The number of esters is 1. The minimum atomic E-state index is -1.36. The first-order chi connectivity index (χ1) is 14.2. The number of ether oxygens (including phenoxy) is 1. The molecule has 164 valence electrons. The highest BCUT2D eigenvalue weighted by molar-refractivity contribution is 6.36. The molecule has 11 nitrogen and oxygen atoms in total. The summed E-state index contributed by atoms with van der Waals surface area (Å²) in [6.07, 6.45) is -1.09. The molecule has 2 heterocycles. The fraction of sp³-hybridized carbons (Fsp3) is 0.471. The van der Waals surface area contributed by atoms with E-state index in [1.165, 1.54) is 23.1 Å². The van der Waals surface area contributed by atoms with Crippen LogP contribution < -0.4 is 16.0 Å². The number of guanidine groups is 2. The molecule has 0 aromatic heterocycles. The Balaban J connectivity index is 1.82. The molecule has 2 unspecified atom stereocenters. The Morgan fingerprint density at radius 3 is 2.60 bits per heavy atom. The summed E-state index contributed by atoms with van der Waals surface area (Å²) in [5.41, 5.74) is -1.30. The van der Waals surface area contributed by atoms with E-state index in [4.69, 9.17) is 38.8 Å². The Hall–Kier alpha value is -2.31. The van der Waals surface area contributed by atoms with E-state index in [0.29, 0.717) is 5.02 Å². The van der Waals surface area contributed by atoms with Crippen molar-refractivity contribution >= 4 is 41.1 Å². The number of carbonyl (C=O) groups excluding carboxylic acids is 1. The second kappa shape index (κ2) is 8.82. The van der Waals surface area contributed by atoms with Gasteiger partial charge in [0.05, 0.1) is 49.0 Å². The lowest BCUT2D eigenvalue weighted by molar-refractivity contribution is -0.0302. The topological polar surface area (TPSA) is 174 Å². The average molecular weight is 461 g/mol. The van der Waals surface area contributed by atoms with Gasteiger partial charge >= 0.3 is 5.97 Å². The monoisotopic (exact) mass is 460 g/mol. The zero-order valence-electron chi connectivity index (χ0n) is 15.7. The van der Waals surface area contributed by atoms with Crippen molar-refractivity contribution in [3.05, 3.63) is 33.8 Å². The number of aliphatic hydroxyl groups excluding tert-OH is 3. The van der Waals surface area contributed by atoms with Crippen LogP contribution in [0.2, 0.25) is 10.0 Å². The molecular formula is C17H22Cl2N6O5. The molecule has 1 aromatic carbocycles. The maximum absolute atomic E-state index is 12.5. The highest BCUT2D eigenvalue weighted by Crippen LogP contribution is 2.28. The number of halogens is 2. The molecule has 0 spiro atoms. The molecule has 3 rings (SSSR count). The van der Waals surface area contributed by atoms with Gasteiger partial charge in [-0.05, 0) is 18.2 Å². The second-order valence-corrected chi connectivity index (χ2v) is 7.77. The predicted octanol–water partition coefficient (Wildman–Crippen LogP) is -1.10. The summed E-state index contributed by atoms with van der Waals surface area (Å²) in [5, 5.41) is 54.5. The molecular weight excluding hydrogens is 439 g/mol. The molecule has 0 amide bonds. The van der Waals surface area contributed by atoms with E-state index >= 15 is 0 Å². The van der Waals surface area contributed by atoms with Crippen LogP contribution in [-0.2, 0) is 4.74 Å². The number of fused-ring (bicyclic) bond motifs is 1. The van der Waals surface area contributed by atoms with Gasteiger partial charge in [-0.25, -0.2) is 4.79 Å². The minimum Gasteiger partial charge on any atom is -0.454 e. The van der Waals surface area contributed by atoms with Crippen molar-refractivity contribution in [2.24, 2.45) is 0 Å². The first-order valence-corrected chi connectivity index (χ1v) is 9.76. The number of nitrogens with one attached hydrogen (secondary N) is 5. The van der Waals surface area contributed by atoms with Gasteiger partial charge in [-0.3, -0.25) is 10.8 Å². The third-order valence-electron chi connectivity index (χ3n) is 5.08. The Bertz CT molecular complexity index is 858. The standard InChI is InChI=1S/C17H22Cl2N6O5/c18-8-1-2-10(11(19)3-8)14(29)30-9(5-26)4-25-16(21)22-12(6-27)13-17(25,7-28)24-15(20)23-13/h1-3,9,12-13,26-28H,4-7H2,(H2,21,22)(H3,20,23,24)/t9-,12-,13?,17?/m0/s1. The lowest BCUT2D eigenvalue weighted by atomic mass is 9.91. The average Bonchev–Trinajstić information content (AvgIpc) is 3.06. The van der Waals surface area contributed by atoms with Gasteiger partial charge in [-0.2, -0.15) is 0 Å². The Morgan fingerprint density at radius 1 is 1.27 bits per heavy atom. The van der Waals surface area contributed by atoms with Crippen LogP contribution >= 0.6 is 23.2 Å². The lowest BCUT2D eigenvalue weighted by Crippen LogP contribution is -2.78. The summed E-state index contributed by atoms with van der Waals surface area (Å²) in [4.78, 5) is 13.8. The van der Waals surface area contributed by atoms with Gasteiger partial charge in [0.15, 0.2) is 17.6 Å². The quantitative estimate of drug-likeness (QED) is 0.234. The van der Waals surface area contributed by atoms with Gasteiger partial charge in [0.2, 0.25) is 0 Å². The molecule has 13 heteroatoms. The van der Waals surface area contributed by atoms with Crippen molar-refractivity contribution in [2.75, 3.05) is 26.4 Å². The maximum atomic E-state index is 12.5. The predicted molar refractivity (Wildman–Crippen MR) is 109 cm³/mol. The Kier molecular flexibility index (Phi) is 6.58. The Morgan fingerprint density at radius 2 is 2.00 bits per heavy atom. The molecule has 2 saturated heterocycles. The molecule has 0 saturated carbocycles. The van der Waals surface area contributed by atoms with Crippen molar-refractivity contribution in [1.29, 1.82) is 10.8 Å². The van der Waals surface area contributed by atoms with Crippen LogP contribution in [0.3, 0.4) is 0 Å². The molecule has 2 aliphatic rings. The summed E-state index contributed by atoms with van der Waals surface area (Å²) in [6, 6.07) is 2.93. The third-order valence-corrected chi connectivity index (χ3v) is 5.63. The zero-order chi connectivity index (χ0) is 22.1. The fourth-order valence-corrected chi connectivity index (χ4v) is 4.13. The van der Waals surface area contributed by atoms with E-state index in [2.05, 4.69) is 16.0 Å². The summed E-state index contributed by atoms with van der Waals surface area (Å²) < 4.78 is 5.36. The number of rotatable bonds is 7. The van der Waals surface area contributed by atoms with Crippen LogP contribution in [-0.4, -0.2) is 88.3 Å². The van der Waals surface area contributed by atoms with Crippen LogP contribution in [0.4, 0.5) is 0 Å². The number of hydrogen-bond donors (Lipinski definition) is 8. The number of carbonyl (C=O) groups is 1. The van der Waals surface area contributed by atoms with Crippen molar-refractivity contribution in [1.82, 2.24) is 20.9 Å². The van der Waals surface area contributed by atoms with Crippen molar-refractivity contribution < 1.29 is 24.9 Å². The minimum absolute atomic E-state index is 0.0592. The largest absolute Gasteiger partial charge is 0.454 e. The van der Waals surface area contributed by atoms with Crippen LogP contribution in [0.1, 0.15) is 10.4 Å². The van der Waals surface area contributed by atoms with Gasteiger partial charge in [0.25, 0.3) is 0 Å². The molecule has 0 aliphatic carbocycles. The second-order valence-electron chi connectivity index (χ2n) is 6.93. The van der Waals surface area contributed by atoms with E-state index in [9.17, 15) is 20.1 Å². The first kappa shape index (κ1) is 22.4. The first-order valence-electron chi connectivity index (χ1n) is 9.00. The Labute approximate surface area is 181 Å². The van der Waals surface area contributed by atoms with E-state index in [1.807, 2.05) is 0 Å². The van der Waals surface area contributed by atoms with Crippen molar-refractivity contribution in [3.63, 3.8) is 0 Å². The summed E-state index contributed by atoms with van der Waals surface area (Å²) in [7, 11) is 0. The number of aliphatic hydroxyl groups is 3. The van der Waals surface area contributed by atoms with Gasteiger partial charge in [-0.15, -0.1) is 0 Å². The van der Waals surface area contributed by atoms with E-state index < -0.39 is 43.0 Å². The smallest absolute Gasteiger partial charge is 0.340 e. The van der Waals surface area contributed by atoms with Crippen LogP contribution in [0.5, 0.6) is 0 Å². The van der Waals surface area contributed by atoms with Crippen LogP contribution in [0, 0.1) is 10.8 Å². The van der Waals surface area contributed by atoms with Gasteiger partial charge < -0.3 is 40.9 Å². The number of benzene rings is 1. The number of nitrogens with zero attached hydrogens (tertiary/aromatic N) is 1. The van der Waals surface area contributed by atoms with E-state index in [-0.39, 0.29) is 35.7 Å².